The first kappa shape index (κ1) is 15.7. The summed E-state index contributed by atoms with van der Waals surface area (Å²) >= 11 is 1.88. The molecule has 0 aliphatic carbocycles. The lowest BCUT2D eigenvalue weighted by atomic mass is 10.1. The largest absolute Gasteiger partial charge is 0.478 e. The Morgan fingerprint density at radius 2 is 2.05 bits per heavy atom. The summed E-state index contributed by atoms with van der Waals surface area (Å²) in [6.45, 7) is 0.795. The third-order valence-corrected chi connectivity index (χ3v) is 3.56. The Hall–Kier alpha value is -1.36. The van der Waals surface area contributed by atoms with E-state index >= 15 is 0 Å². The topological polar surface area (TPSA) is 75.3 Å². The van der Waals surface area contributed by atoms with E-state index in [1.807, 2.05) is 11.8 Å². The third-order valence-electron chi connectivity index (χ3n) is 2.86. The van der Waals surface area contributed by atoms with Crippen LogP contribution in [0.25, 0.3) is 0 Å². The molecule has 19 heavy (non-hydrogen) atoms. The summed E-state index contributed by atoms with van der Waals surface area (Å²) in [6, 6.07) is 4.93. The molecule has 1 aromatic carbocycles. The molecule has 0 amide bonds. The molecular formula is C14H22N2O2S. The summed E-state index contributed by atoms with van der Waals surface area (Å²) in [5, 5.41) is 12.3. The van der Waals surface area contributed by atoms with Gasteiger partial charge in [0.25, 0.3) is 0 Å². The van der Waals surface area contributed by atoms with Crippen LogP contribution in [0, 0.1) is 0 Å². The number of nitrogen functional groups attached to an aromatic ring is 1. The van der Waals surface area contributed by atoms with Gasteiger partial charge >= 0.3 is 5.97 Å². The van der Waals surface area contributed by atoms with Crippen molar-refractivity contribution in [2.24, 2.45) is 0 Å². The highest BCUT2D eigenvalue weighted by atomic mass is 32.2. The molecule has 1 rings (SSSR count). The van der Waals surface area contributed by atoms with Crippen molar-refractivity contribution in [3.05, 3.63) is 23.8 Å². The standard InChI is InChI=1S/C14H22N2O2S/c1-19-9-5-3-2-4-8-16-13-7-6-11(15)10-12(13)14(17)18/h6-7,10,16H,2-5,8-9,15H2,1H3,(H,17,18). The van der Waals surface area contributed by atoms with Gasteiger partial charge in [-0.3, -0.25) is 0 Å². The predicted octanol–water partition coefficient (Wildman–Crippen LogP) is 3.30. The summed E-state index contributed by atoms with van der Waals surface area (Å²) in [4.78, 5) is 11.1. The highest BCUT2D eigenvalue weighted by Crippen LogP contribution is 2.19. The van der Waals surface area contributed by atoms with Crippen molar-refractivity contribution < 1.29 is 9.90 Å². The SMILES string of the molecule is CSCCCCCCNc1ccc(N)cc1C(=O)O. The van der Waals surface area contributed by atoms with Crippen LogP contribution in [0.4, 0.5) is 11.4 Å². The number of aromatic carboxylic acids is 1. The molecule has 0 aliphatic heterocycles. The van der Waals surface area contributed by atoms with Crippen LogP contribution in [0.15, 0.2) is 18.2 Å². The van der Waals surface area contributed by atoms with E-state index < -0.39 is 5.97 Å². The number of carbonyl (C=O) groups is 1. The van der Waals surface area contributed by atoms with Gasteiger partial charge in [0.05, 0.1) is 5.56 Å². The zero-order valence-electron chi connectivity index (χ0n) is 11.3. The molecule has 4 nitrogen and oxygen atoms in total. The first-order chi connectivity index (χ1) is 9.15. The highest BCUT2D eigenvalue weighted by Gasteiger charge is 2.09. The van der Waals surface area contributed by atoms with E-state index in [0.717, 1.165) is 13.0 Å². The van der Waals surface area contributed by atoms with Crippen molar-refractivity contribution in [2.75, 3.05) is 29.6 Å². The fourth-order valence-electron chi connectivity index (χ4n) is 1.84. The average molecular weight is 282 g/mol. The van der Waals surface area contributed by atoms with Crippen molar-refractivity contribution in [2.45, 2.75) is 25.7 Å². The van der Waals surface area contributed by atoms with Crippen LogP contribution in [-0.2, 0) is 0 Å². The molecule has 0 saturated carbocycles. The highest BCUT2D eigenvalue weighted by molar-refractivity contribution is 7.98. The molecule has 4 N–H and O–H groups in total. The summed E-state index contributed by atoms with van der Waals surface area (Å²) in [5.74, 6) is 0.268. The number of rotatable bonds is 9. The maximum Gasteiger partial charge on any atom is 0.337 e. The zero-order chi connectivity index (χ0) is 14.1. The minimum atomic E-state index is -0.949. The lowest BCUT2D eigenvalue weighted by molar-refractivity contribution is 0.0698. The van der Waals surface area contributed by atoms with Gasteiger partial charge in [-0.15, -0.1) is 0 Å². The molecule has 0 saturated heterocycles. The summed E-state index contributed by atoms with van der Waals surface area (Å²) in [5.41, 5.74) is 6.95. The van der Waals surface area contributed by atoms with E-state index in [1.54, 1.807) is 12.1 Å². The average Bonchev–Trinajstić information content (AvgIpc) is 2.39. The number of hydrogen-bond acceptors (Lipinski definition) is 4. The molecule has 106 valence electrons. The Labute approximate surface area is 118 Å². The van der Waals surface area contributed by atoms with Gasteiger partial charge in [0.2, 0.25) is 0 Å². The minimum absolute atomic E-state index is 0.238. The van der Waals surface area contributed by atoms with Crippen LogP contribution in [0.5, 0.6) is 0 Å². The number of thioether (sulfide) groups is 1. The predicted molar refractivity (Wildman–Crippen MR) is 83.2 cm³/mol. The maximum absolute atomic E-state index is 11.1. The molecule has 0 aliphatic rings. The molecule has 0 atom stereocenters. The Bertz CT molecular complexity index is 410. The van der Waals surface area contributed by atoms with Gasteiger partial charge in [0.15, 0.2) is 0 Å². The molecule has 0 spiro atoms. The summed E-state index contributed by atoms with van der Waals surface area (Å²) < 4.78 is 0. The van der Waals surface area contributed by atoms with Crippen molar-refractivity contribution >= 4 is 29.1 Å². The van der Waals surface area contributed by atoms with Gasteiger partial charge in [0, 0.05) is 17.9 Å². The first-order valence-electron chi connectivity index (χ1n) is 6.50. The van der Waals surface area contributed by atoms with E-state index in [2.05, 4.69) is 11.6 Å². The van der Waals surface area contributed by atoms with Gasteiger partial charge < -0.3 is 16.2 Å². The van der Waals surface area contributed by atoms with Gasteiger partial charge in [-0.2, -0.15) is 11.8 Å². The normalized spacial score (nSPS) is 10.4. The van der Waals surface area contributed by atoms with Crippen LogP contribution < -0.4 is 11.1 Å². The van der Waals surface area contributed by atoms with Crippen LogP contribution in [-0.4, -0.2) is 29.6 Å². The second kappa shape index (κ2) is 8.69. The monoisotopic (exact) mass is 282 g/mol. The number of hydrogen-bond donors (Lipinski definition) is 3. The van der Waals surface area contributed by atoms with Crippen LogP contribution in [0.3, 0.4) is 0 Å². The van der Waals surface area contributed by atoms with Crippen molar-refractivity contribution in [3.63, 3.8) is 0 Å². The molecule has 0 aromatic heterocycles. The Kier molecular flexibility index (Phi) is 7.18. The second-order valence-electron chi connectivity index (χ2n) is 4.44. The first-order valence-corrected chi connectivity index (χ1v) is 7.90. The molecule has 0 heterocycles. The van der Waals surface area contributed by atoms with E-state index in [1.165, 1.54) is 31.1 Å². The number of nitrogens with two attached hydrogens (primary N) is 1. The Morgan fingerprint density at radius 1 is 1.32 bits per heavy atom. The molecular weight excluding hydrogens is 260 g/mol. The van der Waals surface area contributed by atoms with E-state index in [0.29, 0.717) is 11.4 Å². The zero-order valence-corrected chi connectivity index (χ0v) is 12.1. The number of benzene rings is 1. The Morgan fingerprint density at radius 3 is 2.74 bits per heavy atom. The van der Waals surface area contributed by atoms with Crippen LogP contribution in [0.1, 0.15) is 36.0 Å². The summed E-state index contributed by atoms with van der Waals surface area (Å²) in [7, 11) is 0. The van der Waals surface area contributed by atoms with E-state index in [4.69, 9.17) is 10.8 Å². The molecule has 0 radical (unpaired) electrons. The van der Waals surface area contributed by atoms with Gasteiger partial charge in [-0.05, 0) is 43.0 Å². The molecule has 0 bridgehead atoms. The number of carboxylic acids is 1. The van der Waals surface area contributed by atoms with Crippen molar-refractivity contribution in [3.8, 4) is 0 Å². The van der Waals surface area contributed by atoms with Gasteiger partial charge in [-0.25, -0.2) is 4.79 Å². The smallest absolute Gasteiger partial charge is 0.337 e. The number of unbranched alkanes of at least 4 members (excludes halogenated alkanes) is 3. The van der Waals surface area contributed by atoms with Gasteiger partial charge in [-0.1, -0.05) is 12.8 Å². The van der Waals surface area contributed by atoms with Crippen LogP contribution in [0.2, 0.25) is 0 Å². The maximum atomic E-state index is 11.1. The second-order valence-corrected chi connectivity index (χ2v) is 5.43. The van der Waals surface area contributed by atoms with Gasteiger partial charge in [0.1, 0.15) is 0 Å². The fraction of sp³-hybridized carbons (Fsp3) is 0.500. The summed E-state index contributed by atoms with van der Waals surface area (Å²) in [6.07, 6.45) is 6.83. The molecule has 0 unspecified atom stereocenters. The van der Waals surface area contributed by atoms with Crippen molar-refractivity contribution in [1.29, 1.82) is 0 Å². The Balaban J connectivity index is 2.35. The van der Waals surface area contributed by atoms with E-state index in [-0.39, 0.29) is 5.56 Å². The van der Waals surface area contributed by atoms with E-state index in [9.17, 15) is 4.79 Å². The molecule has 1 aromatic rings. The lowest BCUT2D eigenvalue weighted by Crippen LogP contribution is -2.08. The quantitative estimate of drug-likeness (QED) is 0.478. The number of carboxylic acid groups (broad SMARTS) is 1. The number of anilines is 2. The third kappa shape index (κ3) is 5.87. The van der Waals surface area contributed by atoms with Crippen LogP contribution >= 0.6 is 11.8 Å². The number of nitrogens with one attached hydrogen (secondary N) is 1. The fourth-order valence-corrected chi connectivity index (χ4v) is 2.33. The molecule has 0 fully saturated rings. The molecule has 5 heteroatoms. The minimum Gasteiger partial charge on any atom is -0.478 e. The lowest BCUT2D eigenvalue weighted by Gasteiger charge is -2.10. The van der Waals surface area contributed by atoms with Crippen molar-refractivity contribution in [1.82, 2.24) is 0 Å².